The summed E-state index contributed by atoms with van der Waals surface area (Å²) in [5.74, 6) is 1.24. The molecule has 0 fully saturated rings. The van der Waals surface area contributed by atoms with E-state index < -0.39 is 5.63 Å². The molecule has 6 heteroatoms. The Morgan fingerprint density at radius 2 is 1.83 bits per heavy atom. The third kappa shape index (κ3) is 2.44. The summed E-state index contributed by atoms with van der Waals surface area (Å²) in [5.41, 5.74) is 1.01. The van der Waals surface area contributed by atoms with E-state index in [1.807, 2.05) is 12.1 Å². The smallest absolute Gasteiger partial charge is 0.347 e. The maximum absolute atomic E-state index is 12.2. The van der Waals surface area contributed by atoms with Gasteiger partial charge in [-0.3, -0.25) is 0 Å². The van der Waals surface area contributed by atoms with Gasteiger partial charge in [0.25, 0.3) is 5.89 Å². The van der Waals surface area contributed by atoms with Gasteiger partial charge in [0.15, 0.2) is 0 Å². The molecular formula is C18H12N2O4. The average molecular weight is 320 g/mol. The molecule has 0 saturated heterocycles. The molecule has 4 aromatic rings. The lowest BCUT2D eigenvalue weighted by Crippen LogP contribution is -2.03. The molecule has 4 rings (SSSR count). The minimum atomic E-state index is -0.504. The third-order valence-corrected chi connectivity index (χ3v) is 3.65. The van der Waals surface area contributed by atoms with Gasteiger partial charge < -0.3 is 13.7 Å². The maximum Gasteiger partial charge on any atom is 0.347 e. The first-order chi connectivity index (χ1) is 11.7. The summed E-state index contributed by atoms with van der Waals surface area (Å²) < 4.78 is 15.7. The summed E-state index contributed by atoms with van der Waals surface area (Å²) in [6.07, 6.45) is 0. The van der Waals surface area contributed by atoms with Crippen molar-refractivity contribution in [2.45, 2.75) is 0 Å². The molecule has 6 nitrogen and oxygen atoms in total. The number of methoxy groups -OCH3 is 1. The Balaban J connectivity index is 1.76. The van der Waals surface area contributed by atoms with Crippen molar-refractivity contribution >= 4 is 11.0 Å². The van der Waals surface area contributed by atoms with Crippen molar-refractivity contribution in [3.63, 3.8) is 0 Å². The van der Waals surface area contributed by atoms with E-state index in [4.69, 9.17) is 13.7 Å². The Morgan fingerprint density at radius 1 is 1.04 bits per heavy atom. The highest BCUT2D eigenvalue weighted by atomic mass is 16.5. The third-order valence-electron chi connectivity index (χ3n) is 3.65. The number of hydrogen-bond donors (Lipinski definition) is 0. The van der Waals surface area contributed by atoms with Crippen molar-refractivity contribution in [3.05, 3.63) is 65.0 Å². The monoisotopic (exact) mass is 320 g/mol. The van der Waals surface area contributed by atoms with Crippen LogP contribution in [0.2, 0.25) is 0 Å². The number of para-hydroxylation sites is 1. The van der Waals surface area contributed by atoms with E-state index in [0.717, 1.165) is 16.7 Å². The van der Waals surface area contributed by atoms with E-state index in [0.29, 0.717) is 11.5 Å². The lowest BCUT2D eigenvalue weighted by atomic mass is 10.2. The fourth-order valence-electron chi connectivity index (χ4n) is 2.40. The van der Waals surface area contributed by atoms with Crippen LogP contribution in [0, 0.1) is 0 Å². The van der Waals surface area contributed by atoms with E-state index in [9.17, 15) is 4.79 Å². The van der Waals surface area contributed by atoms with E-state index >= 15 is 0 Å². The summed E-state index contributed by atoms with van der Waals surface area (Å²) in [6, 6.07) is 16.2. The van der Waals surface area contributed by atoms with Crippen LogP contribution < -0.4 is 10.4 Å². The summed E-state index contributed by atoms with van der Waals surface area (Å²) in [5, 5.41) is 4.69. The molecule has 0 radical (unpaired) electrons. The quantitative estimate of drug-likeness (QED) is 0.537. The minimum absolute atomic E-state index is 0.195. The fourth-order valence-corrected chi connectivity index (χ4v) is 2.40. The van der Waals surface area contributed by atoms with E-state index in [1.165, 1.54) is 0 Å². The van der Waals surface area contributed by atoms with Crippen LogP contribution in [0.3, 0.4) is 0 Å². The highest BCUT2D eigenvalue weighted by Crippen LogP contribution is 2.24. The van der Waals surface area contributed by atoms with Gasteiger partial charge in [0, 0.05) is 10.9 Å². The first-order valence-corrected chi connectivity index (χ1v) is 7.26. The molecule has 2 aromatic heterocycles. The Morgan fingerprint density at radius 3 is 2.62 bits per heavy atom. The van der Waals surface area contributed by atoms with Gasteiger partial charge in [-0.15, -0.1) is 0 Å². The van der Waals surface area contributed by atoms with Gasteiger partial charge in [-0.25, -0.2) is 4.79 Å². The van der Waals surface area contributed by atoms with Crippen LogP contribution in [0.4, 0.5) is 0 Å². The number of benzene rings is 2. The largest absolute Gasteiger partial charge is 0.497 e. The second kappa shape index (κ2) is 5.66. The summed E-state index contributed by atoms with van der Waals surface area (Å²) in [6.45, 7) is 0. The molecule has 0 unspecified atom stereocenters. The van der Waals surface area contributed by atoms with Crippen molar-refractivity contribution in [1.82, 2.24) is 10.1 Å². The number of rotatable bonds is 3. The summed E-state index contributed by atoms with van der Waals surface area (Å²) in [4.78, 5) is 16.5. The van der Waals surface area contributed by atoms with Gasteiger partial charge in [-0.05, 0) is 36.4 Å². The van der Waals surface area contributed by atoms with Gasteiger partial charge in [0.1, 0.15) is 16.9 Å². The van der Waals surface area contributed by atoms with Crippen LogP contribution in [0.5, 0.6) is 5.75 Å². The van der Waals surface area contributed by atoms with Crippen LogP contribution in [0.1, 0.15) is 0 Å². The molecule has 0 aliphatic carbocycles. The van der Waals surface area contributed by atoms with Gasteiger partial charge in [0.05, 0.1) is 7.11 Å². The molecule has 2 aromatic carbocycles. The summed E-state index contributed by atoms with van der Waals surface area (Å²) in [7, 11) is 1.60. The number of aromatic nitrogens is 2. The number of hydrogen-bond acceptors (Lipinski definition) is 6. The molecule has 24 heavy (non-hydrogen) atoms. The molecule has 2 heterocycles. The molecule has 118 valence electrons. The highest BCUT2D eigenvalue weighted by Gasteiger charge is 2.15. The molecule has 0 aliphatic heterocycles. The molecule has 0 spiro atoms. The predicted molar refractivity (Wildman–Crippen MR) is 87.8 cm³/mol. The van der Waals surface area contributed by atoms with Crippen LogP contribution >= 0.6 is 0 Å². The van der Waals surface area contributed by atoms with Crippen molar-refractivity contribution < 1.29 is 13.7 Å². The second-order valence-electron chi connectivity index (χ2n) is 5.14. The first-order valence-electron chi connectivity index (χ1n) is 7.26. The lowest BCUT2D eigenvalue weighted by Gasteiger charge is -1.99. The molecule has 0 bridgehead atoms. The van der Waals surface area contributed by atoms with Crippen molar-refractivity contribution in [2.75, 3.05) is 7.11 Å². The normalized spacial score (nSPS) is 10.9. The Hall–Kier alpha value is -3.41. The highest BCUT2D eigenvalue weighted by molar-refractivity contribution is 5.80. The van der Waals surface area contributed by atoms with Crippen molar-refractivity contribution in [3.8, 4) is 28.6 Å². The Kier molecular flexibility index (Phi) is 3.35. The van der Waals surface area contributed by atoms with Gasteiger partial charge in [0.2, 0.25) is 5.82 Å². The molecule has 0 N–H and O–H groups in total. The standard InChI is InChI=1S/C18H12N2O4/c1-22-13-8-6-11(7-9-13)17-19-16(20-24-17)14-10-12-4-2-3-5-15(12)23-18(14)21/h2-10H,1H3. The predicted octanol–water partition coefficient (Wildman–Crippen LogP) is 3.52. The molecule has 0 amide bonds. The second-order valence-corrected chi connectivity index (χ2v) is 5.14. The Bertz CT molecular complexity index is 1060. The fraction of sp³-hybridized carbons (Fsp3) is 0.0556. The number of nitrogens with zero attached hydrogens (tertiary/aromatic N) is 2. The van der Waals surface area contributed by atoms with Crippen LogP contribution in [-0.2, 0) is 0 Å². The zero-order chi connectivity index (χ0) is 16.5. The molecule has 0 saturated carbocycles. The average Bonchev–Trinajstić information content (AvgIpc) is 3.11. The zero-order valence-corrected chi connectivity index (χ0v) is 12.7. The van der Waals surface area contributed by atoms with E-state index in [-0.39, 0.29) is 11.4 Å². The van der Waals surface area contributed by atoms with E-state index in [2.05, 4.69) is 10.1 Å². The van der Waals surface area contributed by atoms with Crippen molar-refractivity contribution in [2.24, 2.45) is 0 Å². The first kappa shape index (κ1) is 14.2. The lowest BCUT2D eigenvalue weighted by molar-refractivity contribution is 0.414. The molecule has 0 atom stereocenters. The number of fused-ring (bicyclic) bond motifs is 1. The Labute approximate surface area is 136 Å². The van der Waals surface area contributed by atoms with Crippen LogP contribution in [-0.4, -0.2) is 17.3 Å². The minimum Gasteiger partial charge on any atom is -0.497 e. The van der Waals surface area contributed by atoms with Crippen LogP contribution in [0.25, 0.3) is 33.8 Å². The number of ether oxygens (including phenoxy) is 1. The molecular weight excluding hydrogens is 308 g/mol. The molecule has 0 aliphatic rings. The van der Waals surface area contributed by atoms with Gasteiger partial charge >= 0.3 is 5.63 Å². The zero-order valence-electron chi connectivity index (χ0n) is 12.7. The van der Waals surface area contributed by atoms with Crippen LogP contribution in [0.15, 0.2) is 68.3 Å². The summed E-state index contributed by atoms with van der Waals surface area (Å²) >= 11 is 0. The van der Waals surface area contributed by atoms with E-state index in [1.54, 1.807) is 49.6 Å². The van der Waals surface area contributed by atoms with Gasteiger partial charge in [-0.2, -0.15) is 4.98 Å². The van der Waals surface area contributed by atoms with Gasteiger partial charge in [-0.1, -0.05) is 23.4 Å². The topological polar surface area (TPSA) is 78.4 Å². The SMILES string of the molecule is COc1ccc(-c2nc(-c3cc4ccccc4oc3=O)no2)cc1. The maximum atomic E-state index is 12.2. The van der Waals surface area contributed by atoms with Crippen molar-refractivity contribution in [1.29, 1.82) is 0 Å².